The summed E-state index contributed by atoms with van der Waals surface area (Å²) in [6.07, 6.45) is -3.27. The third kappa shape index (κ3) is 6.15. The maximum Gasteiger partial charge on any atom is 0.455 e. The summed E-state index contributed by atoms with van der Waals surface area (Å²) in [5.41, 5.74) is 2.56. The Bertz CT molecular complexity index is 1520. The number of piperidine rings is 1. The minimum absolute atomic E-state index is 0.281. The zero-order valence-corrected chi connectivity index (χ0v) is 23.8. The van der Waals surface area contributed by atoms with E-state index < -0.39 is 12.0 Å². The van der Waals surface area contributed by atoms with E-state index in [1.807, 2.05) is 24.3 Å². The fourth-order valence-electron chi connectivity index (χ4n) is 4.73. The number of aromatic nitrogens is 1. The predicted octanol–water partition coefficient (Wildman–Crippen LogP) is 7.33. The number of hydrogen-bond donors (Lipinski definition) is 1. The molecule has 1 saturated heterocycles. The normalized spacial score (nSPS) is 15.6. The Morgan fingerprint density at radius 3 is 2.48 bits per heavy atom. The molecule has 0 atom stereocenters. The van der Waals surface area contributed by atoms with E-state index in [0.717, 1.165) is 53.5 Å². The first-order valence-corrected chi connectivity index (χ1v) is 14.6. The van der Waals surface area contributed by atoms with Gasteiger partial charge in [0, 0.05) is 38.4 Å². The highest BCUT2D eigenvalue weighted by molar-refractivity contribution is 7.17. The molecule has 1 N–H and O–H groups in total. The first-order chi connectivity index (χ1) is 19.0. The number of benzene rings is 2. The molecular weight excluding hydrogens is 579 g/mol. The average Bonchev–Trinajstić information content (AvgIpc) is 3.64. The number of alkyl halides is 3. The molecule has 0 bridgehead atoms. The number of amides is 1. The van der Waals surface area contributed by atoms with E-state index in [1.54, 1.807) is 35.6 Å². The van der Waals surface area contributed by atoms with Gasteiger partial charge in [0.1, 0.15) is 5.01 Å². The second-order valence-electron chi connectivity index (χ2n) is 9.88. The molecule has 11 heteroatoms. The van der Waals surface area contributed by atoms with Crippen LogP contribution in [0.3, 0.4) is 0 Å². The molecule has 0 aliphatic carbocycles. The van der Waals surface area contributed by atoms with Crippen LogP contribution in [0.15, 0.2) is 66.0 Å². The molecular formula is C29H25ClF3N3O2S2. The molecule has 208 valence electrons. The summed E-state index contributed by atoms with van der Waals surface area (Å²) in [6, 6.07) is 16.9. The van der Waals surface area contributed by atoms with Crippen molar-refractivity contribution in [3.63, 3.8) is 0 Å². The lowest BCUT2D eigenvalue weighted by Crippen LogP contribution is -2.48. The van der Waals surface area contributed by atoms with E-state index in [0.29, 0.717) is 27.6 Å². The van der Waals surface area contributed by atoms with Crippen molar-refractivity contribution < 1.29 is 22.8 Å². The summed E-state index contributed by atoms with van der Waals surface area (Å²) in [7, 11) is 2.08. The standard InChI is InChI=1S/C29H25ClF3N3O2S2/c1-36-13-11-28(12-14-36,24-16-39-27(35-24)18-5-7-21(30)8-6-18)17-34-26(38)20-4-2-3-19(15-20)22-9-10-23(40-22)25(37)29(31,32)33/h2-10,15-16H,11-14,17H2,1H3,(H,34,38). The molecule has 5 nitrogen and oxygen atoms in total. The number of thiazole rings is 1. The minimum atomic E-state index is -4.93. The Morgan fingerprint density at radius 1 is 1.05 bits per heavy atom. The van der Waals surface area contributed by atoms with E-state index in [9.17, 15) is 22.8 Å². The van der Waals surface area contributed by atoms with Gasteiger partial charge in [-0.25, -0.2) is 4.98 Å². The van der Waals surface area contributed by atoms with E-state index in [-0.39, 0.29) is 16.2 Å². The van der Waals surface area contributed by atoms with Crippen molar-refractivity contribution >= 4 is 46.0 Å². The van der Waals surface area contributed by atoms with Gasteiger partial charge in [-0.1, -0.05) is 35.9 Å². The van der Waals surface area contributed by atoms with Gasteiger partial charge in [0.2, 0.25) is 0 Å². The molecule has 4 aromatic rings. The molecule has 0 unspecified atom stereocenters. The van der Waals surface area contributed by atoms with E-state index >= 15 is 0 Å². The second-order valence-corrected chi connectivity index (χ2v) is 12.3. The highest BCUT2D eigenvalue weighted by atomic mass is 35.5. The maximum atomic E-state index is 13.3. The average molecular weight is 604 g/mol. The van der Waals surface area contributed by atoms with Crippen LogP contribution in [0.25, 0.3) is 21.0 Å². The molecule has 2 aromatic carbocycles. The fraction of sp³-hybridized carbons (Fsp3) is 0.276. The Hall–Kier alpha value is -3.05. The number of carbonyl (C=O) groups is 2. The predicted molar refractivity (Wildman–Crippen MR) is 153 cm³/mol. The molecule has 1 fully saturated rings. The Labute approximate surface area is 242 Å². The molecule has 0 spiro atoms. The summed E-state index contributed by atoms with van der Waals surface area (Å²) in [4.78, 5) is 32.2. The number of carbonyl (C=O) groups excluding carboxylic acids is 2. The monoisotopic (exact) mass is 603 g/mol. The first kappa shape index (κ1) is 28.5. The number of nitrogens with one attached hydrogen (secondary N) is 1. The SMILES string of the molecule is CN1CCC(CNC(=O)c2cccc(-c3ccc(C(=O)C(F)(F)F)s3)c2)(c2csc(-c3ccc(Cl)cc3)n2)CC1. The molecule has 1 aliphatic heterocycles. The fourth-order valence-corrected chi connectivity index (χ4v) is 6.77. The number of Topliss-reactive ketones (excluding diaryl/α,β-unsaturated/α-hetero) is 1. The maximum absolute atomic E-state index is 13.3. The van der Waals surface area contributed by atoms with Crippen LogP contribution in [-0.4, -0.2) is 54.4 Å². The van der Waals surface area contributed by atoms with Gasteiger partial charge in [-0.15, -0.1) is 22.7 Å². The quantitative estimate of drug-likeness (QED) is 0.225. The Balaban J connectivity index is 1.34. The largest absolute Gasteiger partial charge is 0.455 e. The lowest BCUT2D eigenvalue weighted by molar-refractivity contribution is -0.0882. The van der Waals surface area contributed by atoms with Gasteiger partial charge >= 0.3 is 6.18 Å². The van der Waals surface area contributed by atoms with E-state index in [2.05, 4.69) is 22.6 Å². The topological polar surface area (TPSA) is 62.3 Å². The number of rotatable bonds is 7. The summed E-state index contributed by atoms with van der Waals surface area (Å²) >= 11 is 8.36. The molecule has 0 radical (unpaired) electrons. The summed E-state index contributed by atoms with van der Waals surface area (Å²) < 4.78 is 38.5. The Kier molecular flexibility index (Phi) is 8.15. The molecule has 1 amide bonds. The third-order valence-corrected chi connectivity index (χ3v) is 9.44. The first-order valence-electron chi connectivity index (χ1n) is 12.5. The molecule has 0 saturated carbocycles. The van der Waals surface area contributed by atoms with Gasteiger partial charge in [-0.2, -0.15) is 13.2 Å². The zero-order chi connectivity index (χ0) is 28.5. The summed E-state index contributed by atoms with van der Waals surface area (Å²) in [6.45, 7) is 2.14. The second kappa shape index (κ2) is 11.4. The van der Waals surface area contributed by atoms with Gasteiger partial charge in [0.15, 0.2) is 0 Å². The van der Waals surface area contributed by atoms with Crippen LogP contribution in [0, 0.1) is 0 Å². The van der Waals surface area contributed by atoms with E-state index in [4.69, 9.17) is 16.6 Å². The smallest absolute Gasteiger partial charge is 0.351 e. The third-order valence-electron chi connectivity index (χ3n) is 7.17. The number of hydrogen-bond acceptors (Lipinski definition) is 6. The van der Waals surface area contributed by atoms with Gasteiger partial charge in [-0.05, 0) is 74.9 Å². The van der Waals surface area contributed by atoms with Crippen molar-refractivity contribution in [1.29, 1.82) is 0 Å². The van der Waals surface area contributed by atoms with Crippen molar-refractivity contribution in [3.05, 3.63) is 87.2 Å². The molecule has 2 aromatic heterocycles. The number of halogens is 4. The van der Waals surface area contributed by atoms with Gasteiger partial charge in [0.05, 0.1) is 10.6 Å². The van der Waals surface area contributed by atoms with Crippen LogP contribution in [0.4, 0.5) is 13.2 Å². The van der Waals surface area contributed by atoms with Gasteiger partial charge in [-0.3, -0.25) is 9.59 Å². The minimum Gasteiger partial charge on any atom is -0.351 e. The van der Waals surface area contributed by atoms with Crippen LogP contribution >= 0.6 is 34.3 Å². The number of likely N-dealkylation sites (tertiary alicyclic amines) is 1. The highest BCUT2D eigenvalue weighted by Crippen LogP contribution is 2.38. The Morgan fingerprint density at radius 2 is 1.77 bits per heavy atom. The van der Waals surface area contributed by atoms with Crippen LogP contribution in [0.2, 0.25) is 5.02 Å². The van der Waals surface area contributed by atoms with Crippen molar-refractivity contribution in [3.8, 4) is 21.0 Å². The summed E-state index contributed by atoms with van der Waals surface area (Å²) in [5.74, 6) is -2.15. The van der Waals surface area contributed by atoms with Gasteiger partial charge in [0.25, 0.3) is 11.7 Å². The molecule has 1 aliphatic rings. The van der Waals surface area contributed by atoms with E-state index in [1.165, 1.54) is 12.1 Å². The van der Waals surface area contributed by atoms with Gasteiger partial charge < -0.3 is 10.2 Å². The zero-order valence-electron chi connectivity index (χ0n) is 21.4. The van der Waals surface area contributed by atoms with Crippen molar-refractivity contribution in [2.24, 2.45) is 0 Å². The lowest BCUT2D eigenvalue weighted by Gasteiger charge is -2.39. The number of nitrogens with zero attached hydrogens (tertiary/aromatic N) is 2. The van der Waals surface area contributed by atoms with Crippen LogP contribution in [0.5, 0.6) is 0 Å². The molecule has 3 heterocycles. The van der Waals surface area contributed by atoms with Crippen molar-refractivity contribution in [1.82, 2.24) is 15.2 Å². The number of thiophene rings is 1. The summed E-state index contributed by atoms with van der Waals surface area (Å²) in [5, 5.41) is 6.71. The lowest BCUT2D eigenvalue weighted by atomic mass is 9.76. The number of ketones is 1. The van der Waals surface area contributed by atoms with Crippen LogP contribution < -0.4 is 5.32 Å². The van der Waals surface area contributed by atoms with Crippen molar-refractivity contribution in [2.75, 3.05) is 26.7 Å². The van der Waals surface area contributed by atoms with Crippen LogP contribution in [0.1, 0.15) is 38.6 Å². The molecule has 40 heavy (non-hydrogen) atoms. The molecule has 5 rings (SSSR count). The highest BCUT2D eigenvalue weighted by Gasteiger charge is 2.40. The van der Waals surface area contributed by atoms with Crippen molar-refractivity contribution in [2.45, 2.75) is 24.4 Å². The van der Waals surface area contributed by atoms with Crippen LogP contribution in [-0.2, 0) is 5.41 Å².